The summed E-state index contributed by atoms with van der Waals surface area (Å²) >= 11 is 0. The summed E-state index contributed by atoms with van der Waals surface area (Å²) in [5, 5.41) is 0. The number of hydrogen-bond donors (Lipinski definition) is 0. The predicted molar refractivity (Wildman–Crippen MR) is 48.4 cm³/mol. The molecular weight excluding hydrogens is 132 g/mol. The van der Waals surface area contributed by atoms with Gasteiger partial charge < -0.3 is 0 Å². The highest BCUT2D eigenvalue weighted by Crippen LogP contribution is 2.05. The first-order chi connectivity index (χ1) is 5.33. The Balaban J connectivity index is 2.63. The van der Waals surface area contributed by atoms with Gasteiger partial charge in [-0.05, 0) is 25.3 Å². The summed E-state index contributed by atoms with van der Waals surface area (Å²) in [4.78, 5) is 0. The third kappa shape index (κ3) is 2.58. The van der Waals surface area contributed by atoms with Gasteiger partial charge in [-0.2, -0.15) is 0 Å². The van der Waals surface area contributed by atoms with Crippen molar-refractivity contribution in [1.82, 2.24) is 0 Å². The average Bonchev–Trinajstić information content (AvgIpc) is 2.01. The van der Waals surface area contributed by atoms with Crippen molar-refractivity contribution in [2.24, 2.45) is 0 Å². The van der Waals surface area contributed by atoms with Gasteiger partial charge >= 0.3 is 0 Å². The number of allylic oxidation sites excluding steroid dienone is 1. The molecule has 0 aromatic heterocycles. The molecule has 0 aliphatic rings. The molecule has 1 aromatic rings. The van der Waals surface area contributed by atoms with Crippen LogP contribution in [0, 0.1) is 13.0 Å². The van der Waals surface area contributed by atoms with Gasteiger partial charge in [0.15, 0.2) is 0 Å². The minimum absolute atomic E-state index is 0.948. The monoisotopic (exact) mass is 145 g/mol. The fourth-order valence-corrected chi connectivity index (χ4v) is 1.10. The summed E-state index contributed by atoms with van der Waals surface area (Å²) in [6, 6.07) is 8.55. The van der Waals surface area contributed by atoms with Crippen LogP contribution in [0.4, 0.5) is 0 Å². The van der Waals surface area contributed by atoms with Gasteiger partial charge in [0, 0.05) is 0 Å². The first kappa shape index (κ1) is 8.06. The first-order valence-electron chi connectivity index (χ1n) is 3.88. The van der Waals surface area contributed by atoms with Crippen LogP contribution in [0.3, 0.4) is 0 Å². The zero-order chi connectivity index (χ0) is 8.10. The lowest BCUT2D eigenvalue weighted by Gasteiger charge is -1.98. The van der Waals surface area contributed by atoms with E-state index in [9.17, 15) is 0 Å². The summed E-state index contributed by atoms with van der Waals surface area (Å²) in [5.74, 6) is 0. The predicted octanol–water partition coefficient (Wildman–Crippen LogP) is 2.92. The number of hydrogen-bond acceptors (Lipinski definition) is 0. The topological polar surface area (TPSA) is 0 Å². The second kappa shape index (κ2) is 3.97. The molecular formula is C11H13. The quantitative estimate of drug-likeness (QED) is 0.613. The summed E-state index contributed by atoms with van der Waals surface area (Å²) < 4.78 is 0. The van der Waals surface area contributed by atoms with E-state index in [1.807, 2.05) is 0 Å². The van der Waals surface area contributed by atoms with Crippen LogP contribution in [0.5, 0.6) is 0 Å². The van der Waals surface area contributed by atoms with E-state index in [2.05, 4.69) is 43.8 Å². The van der Waals surface area contributed by atoms with Gasteiger partial charge in [0.2, 0.25) is 0 Å². The Hall–Kier alpha value is -1.04. The van der Waals surface area contributed by atoms with Gasteiger partial charge in [-0.3, -0.25) is 0 Å². The van der Waals surface area contributed by atoms with E-state index in [4.69, 9.17) is 0 Å². The van der Waals surface area contributed by atoms with Gasteiger partial charge in [0.25, 0.3) is 0 Å². The second-order valence-electron chi connectivity index (χ2n) is 2.74. The van der Waals surface area contributed by atoms with Gasteiger partial charge in [0.1, 0.15) is 0 Å². The lowest BCUT2D eigenvalue weighted by molar-refractivity contribution is 0.981. The Morgan fingerprint density at radius 1 is 1.45 bits per heavy atom. The van der Waals surface area contributed by atoms with E-state index >= 15 is 0 Å². The van der Waals surface area contributed by atoms with E-state index < -0.39 is 0 Å². The van der Waals surface area contributed by atoms with Crippen molar-refractivity contribution < 1.29 is 0 Å². The van der Waals surface area contributed by atoms with E-state index in [1.54, 1.807) is 0 Å². The van der Waals surface area contributed by atoms with Crippen LogP contribution in [-0.2, 0) is 6.42 Å². The van der Waals surface area contributed by atoms with E-state index in [1.165, 1.54) is 11.1 Å². The molecule has 0 unspecified atom stereocenters. The molecule has 0 nitrogen and oxygen atoms in total. The second-order valence-corrected chi connectivity index (χ2v) is 2.74. The minimum atomic E-state index is 0.948. The maximum atomic E-state index is 3.57. The molecule has 1 aromatic carbocycles. The molecule has 0 bridgehead atoms. The molecule has 0 heteroatoms. The number of rotatable bonds is 3. The number of benzene rings is 1. The lowest BCUT2D eigenvalue weighted by Crippen LogP contribution is -1.83. The average molecular weight is 145 g/mol. The summed E-state index contributed by atoms with van der Waals surface area (Å²) in [6.07, 6.45) is 4.89. The molecule has 0 saturated heterocycles. The fourth-order valence-electron chi connectivity index (χ4n) is 1.10. The van der Waals surface area contributed by atoms with E-state index in [0.717, 1.165) is 12.8 Å². The first-order valence-corrected chi connectivity index (χ1v) is 3.88. The van der Waals surface area contributed by atoms with Crippen LogP contribution >= 0.6 is 0 Å². The number of aryl methyl sites for hydroxylation is 2. The lowest BCUT2D eigenvalue weighted by atomic mass is 10.1. The van der Waals surface area contributed by atoms with Crippen LogP contribution in [0.1, 0.15) is 17.5 Å². The van der Waals surface area contributed by atoms with E-state index in [-0.39, 0.29) is 0 Å². The van der Waals surface area contributed by atoms with Crippen molar-refractivity contribution in [3.05, 3.63) is 48.0 Å². The van der Waals surface area contributed by atoms with Crippen LogP contribution < -0.4 is 0 Å². The van der Waals surface area contributed by atoms with Crippen molar-refractivity contribution in [3.63, 3.8) is 0 Å². The third-order valence-electron chi connectivity index (χ3n) is 1.67. The van der Waals surface area contributed by atoms with Crippen LogP contribution in [0.2, 0.25) is 0 Å². The highest BCUT2D eigenvalue weighted by atomic mass is 14.0. The van der Waals surface area contributed by atoms with Gasteiger partial charge in [0.05, 0.1) is 0 Å². The molecule has 1 radical (unpaired) electrons. The van der Waals surface area contributed by atoms with Gasteiger partial charge in [-0.1, -0.05) is 42.5 Å². The van der Waals surface area contributed by atoms with Crippen molar-refractivity contribution in [1.29, 1.82) is 0 Å². The van der Waals surface area contributed by atoms with Crippen LogP contribution in [0.25, 0.3) is 0 Å². The molecule has 0 amide bonds. The molecule has 0 heterocycles. The minimum Gasteiger partial charge on any atom is -0.0956 e. The van der Waals surface area contributed by atoms with Crippen LogP contribution in [0.15, 0.2) is 30.8 Å². The highest BCUT2D eigenvalue weighted by molar-refractivity contribution is 5.22. The molecule has 0 fully saturated rings. The Kier molecular flexibility index (Phi) is 2.91. The smallest absolute Gasteiger partial charge is 0.0238 e. The summed E-state index contributed by atoms with van der Waals surface area (Å²) in [7, 11) is 0. The molecule has 1 rings (SSSR count). The molecule has 0 atom stereocenters. The van der Waals surface area contributed by atoms with E-state index in [0.29, 0.717) is 0 Å². The van der Waals surface area contributed by atoms with Crippen molar-refractivity contribution >= 4 is 0 Å². The third-order valence-corrected chi connectivity index (χ3v) is 1.67. The molecule has 0 saturated carbocycles. The summed E-state index contributed by atoms with van der Waals surface area (Å²) in [6.45, 7) is 5.69. The van der Waals surface area contributed by atoms with Crippen molar-refractivity contribution in [2.75, 3.05) is 0 Å². The van der Waals surface area contributed by atoms with Crippen molar-refractivity contribution in [3.8, 4) is 0 Å². The van der Waals surface area contributed by atoms with Crippen molar-refractivity contribution in [2.45, 2.75) is 19.8 Å². The van der Waals surface area contributed by atoms with Crippen LogP contribution in [-0.4, -0.2) is 0 Å². The molecule has 0 aliphatic heterocycles. The summed E-state index contributed by atoms with van der Waals surface area (Å²) in [5.41, 5.74) is 2.70. The van der Waals surface area contributed by atoms with Gasteiger partial charge in [-0.15, -0.1) is 0 Å². The van der Waals surface area contributed by atoms with Gasteiger partial charge in [-0.25, -0.2) is 0 Å². The Morgan fingerprint density at radius 3 is 2.91 bits per heavy atom. The zero-order valence-corrected chi connectivity index (χ0v) is 6.93. The Bertz CT molecular complexity index is 236. The Morgan fingerprint density at radius 2 is 2.27 bits per heavy atom. The molecule has 0 N–H and O–H groups in total. The molecule has 57 valence electrons. The fraction of sp³-hybridized carbons (Fsp3) is 0.273. The highest BCUT2D eigenvalue weighted by Gasteiger charge is 1.90. The molecule has 11 heavy (non-hydrogen) atoms. The standard InChI is InChI=1S/C11H13/c1-3-4-7-11-8-5-6-10(2)9-11/h5-6,8-9H,1,4,7H2,2H3. The largest absolute Gasteiger partial charge is 0.0956 e. The molecule has 0 aliphatic carbocycles. The zero-order valence-electron chi connectivity index (χ0n) is 6.93. The maximum Gasteiger partial charge on any atom is -0.0238 e. The Labute approximate surface area is 68.6 Å². The molecule has 0 spiro atoms. The maximum absolute atomic E-state index is 3.57. The normalized spacial score (nSPS) is 9.55. The SMILES string of the molecule is C=[C]CCc1cccc(C)c1.